The third-order valence-electron chi connectivity index (χ3n) is 6.44. The van der Waals surface area contributed by atoms with E-state index < -0.39 is 16.7 Å². The Morgan fingerprint density at radius 2 is 1.98 bits per heavy atom. The van der Waals surface area contributed by atoms with Crippen LogP contribution in [0.5, 0.6) is 17.2 Å². The predicted octanol–water partition coefficient (Wildman–Crippen LogP) is 3.59. The largest absolute Gasteiger partial charge is 0.493 e. The summed E-state index contributed by atoms with van der Waals surface area (Å²) in [6.07, 6.45) is 2.04. The minimum Gasteiger partial charge on any atom is -0.493 e. The third kappa shape index (κ3) is 5.10. The molecule has 0 fully saturated rings. The van der Waals surface area contributed by atoms with E-state index in [0.29, 0.717) is 59.8 Å². The lowest BCUT2D eigenvalue weighted by Crippen LogP contribution is -2.18. The van der Waals surface area contributed by atoms with Crippen LogP contribution in [0.3, 0.4) is 0 Å². The van der Waals surface area contributed by atoms with Gasteiger partial charge in [-0.05, 0) is 48.0 Å². The van der Waals surface area contributed by atoms with E-state index in [4.69, 9.17) is 18.7 Å². The average molecular weight is 573 g/mol. The molecule has 1 aliphatic rings. The average Bonchev–Trinajstić information content (AvgIpc) is 3.52. The highest BCUT2D eigenvalue weighted by Crippen LogP contribution is 2.42. The van der Waals surface area contributed by atoms with E-state index in [9.17, 15) is 14.9 Å². The number of methoxy groups -OCH3 is 1. The number of H-pyrrole nitrogens is 1. The molecule has 0 aliphatic carbocycles. The molecule has 0 saturated heterocycles. The number of nitro groups is 1. The molecule has 15 heteroatoms. The number of rotatable bonds is 8. The van der Waals surface area contributed by atoms with Crippen molar-refractivity contribution >= 4 is 11.4 Å². The number of hydrogen-bond acceptors (Lipinski definition) is 12. The number of fused-ring (bicyclic) bond motifs is 1. The fraction of sp³-hybridized carbons (Fsp3) is 0.222. The maximum atomic E-state index is 13.1. The summed E-state index contributed by atoms with van der Waals surface area (Å²) < 4.78 is 23.4. The van der Waals surface area contributed by atoms with Crippen LogP contribution in [0.15, 0.2) is 64.0 Å². The zero-order valence-corrected chi connectivity index (χ0v) is 22.4. The molecule has 214 valence electrons. The fourth-order valence-electron chi connectivity index (χ4n) is 4.50. The Morgan fingerprint density at radius 3 is 2.71 bits per heavy atom. The fourth-order valence-corrected chi connectivity index (χ4v) is 4.50. The number of anilines is 1. The lowest BCUT2D eigenvalue weighted by molar-refractivity contribution is -0.385. The van der Waals surface area contributed by atoms with Gasteiger partial charge < -0.3 is 24.1 Å². The zero-order chi connectivity index (χ0) is 29.2. The first-order valence-electron chi connectivity index (χ1n) is 12.8. The Bertz CT molecular complexity index is 1810. The van der Waals surface area contributed by atoms with Crippen molar-refractivity contribution in [3.8, 4) is 34.5 Å². The number of nitrogens with one attached hydrogen (secondary N) is 2. The maximum Gasteiger partial charge on any atom is 0.349 e. The molecule has 0 bridgehead atoms. The van der Waals surface area contributed by atoms with Gasteiger partial charge in [0.2, 0.25) is 23.3 Å². The molecular formula is C27H24N8O7. The molecule has 0 saturated carbocycles. The van der Waals surface area contributed by atoms with Gasteiger partial charge in [0.1, 0.15) is 6.04 Å². The van der Waals surface area contributed by atoms with Crippen LogP contribution in [0.25, 0.3) is 17.2 Å². The van der Waals surface area contributed by atoms with Crippen LogP contribution < -0.4 is 25.2 Å². The van der Waals surface area contributed by atoms with E-state index in [-0.39, 0.29) is 17.3 Å². The van der Waals surface area contributed by atoms with Crippen molar-refractivity contribution in [2.75, 3.05) is 25.6 Å². The molecule has 42 heavy (non-hydrogen) atoms. The number of aromatic nitrogens is 6. The molecule has 2 aromatic carbocycles. The summed E-state index contributed by atoms with van der Waals surface area (Å²) in [6.45, 7) is 2.63. The predicted molar refractivity (Wildman–Crippen MR) is 147 cm³/mol. The van der Waals surface area contributed by atoms with Crippen molar-refractivity contribution in [3.63, 3.8) is 0 Å². The van der Waals surface area contributed by atoms with Crippen LogP contribution in [0.1, 0.15) is 29.7 Å². The van der Waals surface area contributed by atoms with E-state index in [0.717, 1.165) is 10.2 Å². The van der Waals surface area contributed by atoms with Gasteiger partial charge in [0.15, 0.2) is 17.3 Å². The van der Waals surface area contributed by atoms with E-state index in [1.807, 2.05) is 24.3 Å². The van der Waals surface area contributed by atoms with Gasteiger partial charge in [-0.3, -0.25) is 15.1 Å². The van der Waals surface area contributed by atoms with Gasteiger partial charge in [0.25, 0.3) is 0 Å². The second-order valence-corrected chi connectivity index (χ2v) is 9.22. The minimum absolute atomic E-state index is 0.161. The summed E-state index contributed by atoms with van der Waals surface area (Å²) in [7, 11) is 1.52. The number of nitrogens with zero attached hydrogens (tertiary/aromatic N) is 6. The first-order chi connectivity index (χ1) is 20.4. The molecule has 3 aromatic heterocycles. The molecule has 6 rings (SSSR count). The minimum atomic E-state index is -0.772. The quantitative estimate of drug-likeness (QED) is 0.204. The highest BCUT2D eigenvalue weighted by Gasteiger charge is 2.27. The summed E-state index contributed by atoms with van der Waals surface area (Å²) in [5.74, 6) is 2.21. The molecule has 5 aromatic rings. The second-order valence-electron chi connectivity index (χ2n) is 9.22. The summed E-state index contributed by atoms with van der Waals surface area (Å²) in [5, 5.41) is 23.4. The first-order valence-corrected chi connectivity index (χ1v) is 12.8. The van der Waals surface area contributed by atoms with E-state index in [1.165, 1.54) is 25.4 Å². The molecule has 1 atom stereocenters. The third-order valence-corrected chi connectivity index (χ3v) is 6.44. The molecule has 15 nitrogen and oxygen atoms in total. The van der Waals surface area contributed by atoms with Crippen LogP contribution in [0.4, 0.5) is 11.4 Å². The van der Waals surface area contributed by atoms with Crippen LogP contribution in [0, 0.1) is 17.0 Å². The molecule has 0 amide bonds. The standard InChI is InChI=1S/C27H24N8O7/c1-15-29-24(33-42-15)16-6-8-18(9-7-16)30-22(17-13-20(39-2)23-21(14-17)40-11-4-12-41-23)25-31-27(36)34(32-25)26-19(35(37)38)5-3-10-28-26/h3,5-10,13-14,22,30H,4,11-12H2,1-2H3,(H,31,32,36). The molecule has 1 aliphatic heterocycles. The Balaban J connectivity index is 1.44. The second kappa shape index (κ2) is 11.0. The van der Waals surface area contributed by atoms with Crippen molar-refractivity contribution < 1.29 is 23.7 Å². The molecule has 0 spiro atoms. The Kier molecular flexibility index (Phi) is 6.96. The molecular weight excluding hydrogens is 548 g/mol. The number of ether oxygens (including phenoxy) is 3. The smallest absolute Gasteiger partial charge is 0.349 e. The van der Waals surface area contributed by atoms with Gasteiger partial charge in [0.05, 0.1) is 25.2 Å². The Hall–Kier alpha value is -5.73. The van der Waals surface area contributed by atoms with Gasteiger partial charge in [-0.1, -0.05) is 5.16 Å². The Labute approximate surface area is 237 Å². The van der Waals surface area contributed by atoms with Gasteiger partial charge in [0, 0.05) is 36.9 Å². The summed E-state index contributed by atoms with van der Waals surface area (Å²) in [4.78, 5) is 35.1. The Morgan fingerprint density at radius 1 is 1.17 bits per heavy atom. The van der Waals surface area contributed by atoms with Crippen molar-refractivity contribution in [2.24, 2.45) is 0 Å². The van der Waals surface area contributed by atoms with Crippen LogP contribution >= 0.6 is 0 Å². The van der Waals surface area contributed by atoms with E-state index >= 15 is 0 Å². The van der Waals surface area contributed by atoms with Crippen LogP contribution in [-0.2, 0) is 0 Å². The lowest BCUT2D eigenvalue weighted by atomic mass is 10.0. The van der Waals surface area contributed by atoms with Crippen molar-refractivity contribution in [1.82, 2.24) is 29.9 Å². The normalized spacial score (nSPS) is 13.3. The highest BCUT2D eigenvalue weighted by atomic mass is 16.6. The van der Waals surface area contributed by atoms with Crippen molar-refractivity contribution in [3.05, 3.63) is 92.6 Å². The van der Waals surface area contributed by atoms with Gasteiger partial charge in [-0.25, -0.2) is 9.78 Å². The van der Waals surface area contributed by atoms with Crippen LogP contribution in [-0.4, -0.2) is 55.1 Å². The van der Waals surface area contributed by atoms with Gasteiger partial charge >= 0.3 is 11.4 Å². The number of benzene rings is 2. The number of aryl methyl sites for hydroxylation is 1. The van der Waals surface area contributed by atoms with Crippen LogP contribution in [0.2, 0.25) is 0 Å². The maximum absolute atomic E-state index is 13.1. The SMILES string of the molecule is COc1cc(C(Nc2ccc(-c3noc(C)n3)cc2)c2nn(-c3ncccc3[N+](=O)[O-])c(=O)[nH]2)cc2c1OCCCO2. The molecule has 0 radical (unpaired) electrons. The number of pyridine rings is 1. The summed E-state index contributed by atoms with van der Waals surface area (Å²) in [6, 6.07) is 12.7. The first kappa shape index (κ1) is 26.5. The van der Waals surface area contributed by atoms with Crippen molar-refractivity contribution in [2.45, 2.75) is 19.4 Å². The lowest BCUT2D eigenvalue weighted by Gasteiger charge is -2.21. The van der Waals surface area contributed by atoms with E-state index in [1.54, 1.807) is 19.1 Å². The topological polar surface area (TPSA) is 185 Å². The highest BCUT2D eigenvalue weighted by molar-refractivity contribution is 5.61. The molecule has 4 heterocycles. The van der Waals surface area contributed by atoms with Gasteiger partial charge in [-0.15, -0.1) is 5.10 Å². The molecule has 2 N–H and O–H groups in total. The summed E-state index contributed by atoms with van der Waals surface area (Å²) >= 11 is 0. The number of aromatic amines is 1. The van der Waals surface area contributed by atoms with Gasteiger partial charge in [-0.2, -0.15) is 9.67 Å². The number of hydrogen-bond donors (Lipinski definition) is 2. The monoisotopic (exact) mass is 572 g/mol. The zero-order valence-electron chi connectivity index (χ0n) is 22.4. The van der Waals surface area contributed by atoms with Crippen molar-refractivity contribution in [1.29, 1.82) is 0 Å². The van der Waals surface area contributed by atoms with E-state index in [2.05, 4.69) is 30.5 Å². The summed E-state index contributed by atoms with van der Waals surface area (Å²) in [5.41, 5.74) is 0.945. The molecule has 1 unspecified atom stereocenters.